The first-order chi connectivity index (χ1) is 6.92. The molecule has 0 unspecified atom stereocenters. The molecule has 0 saturated heterocycles. The summed E-state index contributed by atoms with van der Waals surface area (Å²) in [6, 6.07) is 6.09. The maximum absolute atomic E-state index is 5.61. The van der Waals surface area contributed by atoms with E-state index in [1.54, 1.807) is 0 Å². The Kier molecular flexibility index (Phi) is 2.96. The highest BCUT2D eigenvalue weighted by molar-refractivity contribution is 6.19. The summed E-state index contributed by atoms with van der Waals surface area (Å²) in [6.45, 7) is 0.798. The van der Waals surface area contributed by atoms with Gasteiger partial charge in [-0.15, -0.1) is 11.6 Å². The van der Waals surface area contributed by atoms with Gasteiger partial charge in [0.1, 0.15) is 5.75 Å². The van der Waals surface area contributed by atoms with E-state index in [4.69, 9.17) is 16.3 Å². The number of ether oxygens (including phenoxy) is 1. The van der Waals surface area contributed by atoms with E-state index in [2.05, 4.69) is 17.9 Å². The lowest BCUT2D eigenvalue weighted by Crippen LogP contribution is -2.09. The number of halogens is 1. The van der Waals surface area contributed by atoms with Crippen molar-refractivity contribution in [2.75, 3.05) is 12.5 Å². The molecule has 1 nitrogen and oxygen atoms in total. The van der Waals surface area contributed by atoms with Crippen molar-refractivity contribution in [1.29, 1.82) is 0 Å². The molecule has 0 radical (unpaired) electrons. The second kappa shape index (κ2) is 4.39. The Hall–Kier alpha value is -1.13. The highest BCUT2D eigenvalue weighted by atomic mass is 35.5. The normalized spacial score (nSPS) is 13.5. The van der Waals surface area contributed by atoms with Crippen LogP contribution in [0.15, 0.2) is 18.2 Å². The van der Waals surface area contributed by atoms with Crippen molar-refractivity contribution in [1.82, 2.24) is 0 Å². The third kappa shape index (κ3) is 1.86. The number of benzene rings is 1. The van der Waals surface area contributed by atoms with Crippen molar-refractivity contribution in [2.45, 2.75) is 12.8 Å². The van der Waals surface area contributed by atoms with Gasteiger partial charge in [-0.2, -0.15) is 0 Å². The molecule has 72 valence electrons. The van der Waals surface area contributed by atoms with E-state index in [1.807, 2.05) is 12.1 Å². The van der Waals surface area contributed by atoms with E-state index in [0.29, 0.717) is 5.88 Å². The Balaban J connectivity index is 2.40. The summed E-state index contributed by atoms with van der Waals surface area (Å²) < 4.78 is 5.61. The number of alkyl halides is 1. The van der Waals surface area contributed by atoms with Crippen LogP contribution in [0.25, 0.3) is 0 Å². The summed E-state index contributed by atoms with van der Waals surface area (Å²) in [4.78, 5) is 0. The van der Waals surface area contributed by atoms with Gasteiger partial charge >= 0.3 is 0 Å². The summed E-state index contributed by atoms with van der Waals surface area (Å²) in [7, 11) is 0. The van der Waals surface area contributed by atoms with E-state index in [0.717, 1.165) is 30.8 Å². The van der Waals surface area contributed by atoms with E-state index in [-0.39, 0.29) is 0 Å². The molecule has 1 heterocycles. The Bertz CT molecular complexity index is 387. The second-order valence-electron chi connectivity index (χ2n) is 3.18. The fourth-order valence-corrected chi connectivity index (χ4v) is 1.68. The maximum Gasteiger partial charge on any atom is 0.138 e. The summed E-state index contributed by atoms with van der Waals surface area (Å²) in [6.07, 6.45) is 2.19. The van der Waals surface area contributed by atoms with Crippen molar-refractivity contribution in [3.05, 3.63) is 29.3 Å². The number of hydrogen-bond acceptors (Lipinski definition) is 1. The molecule has 0 aliphatic carbocycles. The minimum Gasteiger partial charge on any atom is -0.492 e. The van der Waals surface area contributed by atoms with Gasteiger partial charge in [0.05, 0.1) is 18.1 Å². The van der Waals surface area contributed by atoms with E-state index < -0.39 is 0 Å². The predicted molar refractivity (Wildman–Crippen MR) is 57.9 cm³/mol. The summed E-state index contributed by atoms with van der Waals surface area (Å²) in [5, 5.41) is 0. The molecule has 0 bridgehead atoms. The molecule has 0 spiro atoms. The lowest BCUT2D eigenvalue weighted by molar-refractivity contribution is 0.287. The third-order valence-electron chi connectivity index (χ3n) is 2.22. The Morgan fingerprint density at radius 2 is 2.36 bits per heavy atom. The van der Waals surface area contributed by atoms with Crippen molar-refractivity contribution in [2.24, 2.45) is 0 Å². The van der Waals surface area contributed by atoms with Gasteiger partial charge in [0.15, 0.2) is 0 Å². The standard InChI is InChI=1S/C12H11ClO/c13-8-2-6-10-4-1-5-11-7-3-9-14-12(10)11/h1,4-5H,3,7-9H2. The lowest BCUT2D eigenvalue weighted by atomic mass is 10.0. The summed E-state index contributed by atoms with van der Waals surface area (Å²) in [5.41, 5.74) is 2.22. The van der Waals surface area contributed by atoms with Gasteiger partial charge in [-0.3, -0.25) is 0 Å². The first-order valence-electron chi connectivity index (χ1n) is 4.71. The number of fused-ring (bicyclic) bond motifs is 1. The largest absolute Gasteiger partial charge is 0.492 e. The van der Waals surface area contributed by atoms with Crippen LogP contribution in [0.1, 0.15) is 17.5 Å². The molecule has 1 aromatic rings. The highest BCUT2D eigenvalue weighted by Crippen LogP contribution is 2.27. The van der Waals surface area contributed by atoms with Gasteiger partial charge in [0.25, 0.3) is 0 Å². The van der Waals surface area contributed by atoms with Gasteiger partial charge in [-0.25, -0.2) is 0 Å². The molecule has 1 aromatic carbocycles. The minimum atomic E-state index is 0.365. The fraction of sp³-hybridized carbons (Fsp3) is 0.333. The van der Waals surface area contributed by atoms with Crippen molar-refractivity contribution in [3.63, 3.8) is 0 Å². The lowest BCUT2D eigenvalue weighted by Gasteiger charge is -2.18. The molecular formula is C12H11ClO. The van der Waals surface area contributed by atoms with Crippen LogP contribution in [0.3, 0.4) is 0 Å². The Morgan fingerprint density at radius 3 is 3.21 bits per heavy atom. The first-order valence-corrected chi connectivity index (χ1v) is 5.25. The zero-order valence-electron chi connectivity index (χ0n) is 7.85. The van der Waals surface area contributed by atoms with Crippen LogP contribution in [0.4, 0.5) is 0 Å². The molecule has 0 fully saturated rings. The summed E-state index contributed by atoms with van der Waals surface area (Å²) in [5.74, 6) is 7.19. The molecule has 0 amide bonds. The van der Waals surface area contributed by atoms with Gasteiger partial charge in [0.2, 0.25) is 0 Å². The van der Waals surface area contributed by atoms with Crippen LogP contribution in [0.5, 0.6) is 5.75 Å². The average molecular weight is 207 g/mol. The van der Waals surface area contributed by atoms with Crippen LogP contribution < -0.4 is 4.74 Å². The Labute approximate surface area is 89.0 Å². The Morgan fingerprint density at radius 1 is 1.43 bits per heavy atom. The van der Waals surface area contributed by atoms with Crippen molar-refractivity contribution < 1.29 is 4.74 Å². The number of aryl methyl sites for hydroxylation is 1. The van der Waals surface area contributed by atoms with Crippen molar-refractivity contribution >= 4 is 11.6 Å². The third-order valence-corrected chi connectivity index (χ3v) is 2.36. The highest BCUT2D eigenvalue weighted by Gasteiger charge is 2.12. The van der Waals surface area contributed by atoms with Crippen LogP contribution in [0, 0.1) is 11.8 Å². The van der Waals surface area contributed by atoms with Crippen LogP contribution in [-0.2, 0) is 6.42 Å². The quantitative estimate of drug-likeness (QED) is 0.469. The smallest absolute Gasteiger partial charge is 0.138 e. The molecule has 0 N–H and O–H groups in total. The van der Waals surface area contributed by atoms with Crippen LogP contribution >= 0.6 is 11.6 Å². The molecule has 14 heavy (non-hydrogen) atoms. The van der Waals surface area contributed by atoms with Gasteiger partial charge < -0.3 is 4.74 Å². The number of rotatable bonds is 0. The molecule has 0 saturated carbocycles. The number of para-hydroxylation sites is 1. The maximum atomic E-state index is 5.61. The molecule has 0 atom stereocenters. The van der Waals surface area contributed by atoms with E-state index in [9.17, 15) is 0 Å². The molecular weight excluding hydrogens is 196 g/mol. The van der Waals surface area contributed by atoms with Gasteiger partial charge in [-0.1, -0.05) is 24.0 Å². The summed E-state index contributed by atoms with van der Waals surface area (Å²) >= 11 is 5.52. The van der Waals surface area contributed by atoms with E-state index in [1.165, 1.54) is 5.56 Å². The zero-order chi connectivity index (χ0) is 9.80. The van der Waals surface area contributed by atoms with Crippen molar-refractivity contribution in [3.8, 4) is 17.6 Å². The van der Waals surface area contributed by atoms with E-state index >= 15 is 0 Å². The topological polar surface area (TPSA) is 9.23 Å². The molecule has 1 aliphatic rings. The monoisotopic (exact) mass is 206 g/mol. The molecule has 1 aliphatic heterocycles. The second-order valence-corrected chi connectivity index (χ2v) is 3.45. The predicted octanol–water partition coefficient (Wildman–Crippen LogP) is 2.60. The minimum absolute atomic E-state index is 0.365. The van der Waals surface area contributed by atoms with Crippen LogP contribution in [-0.4, -0.2) is 12.5 Å². The van der Waals surface area contributed by atoms with Crippen LogP contribution in [0.2, 0.25) is 0 Å². The average Bonchev–Trinajstić information content (AvgIpc) is 2.26. The fourth-order valence-electron chi connectivity index (χ4n) is 1.62. The van der Waals surface area contributed by atoms with Gasteiger partial charge in [-0.05, 0) is 24.5 Å². The molecule has 2 rings (SSSR count). The molecule has 2 heteroatoms. The first kappa shape index (κ1) is 9.43. The van der Waals surface area contributed by atoms with Gasteiger partial charge in [0, 0.05) is 0 Å². The zero-order valence-corrected chi connectivity index (χ0v) is 8.60. The SMILES string of the molecule is ClCC#Cc1cccc2c1OCCC2. The molecule has 0 aromatic heterocycles. The number of hydrogen-bond donors (Lipinski definition) is 0.